The molecule has 1 fully saturated rings. The van der Waals surface area contributed by atoms with Crippen LogP contribution in [0.4, 0.5) is 11.4 Å². The number of thiazole rings is 1. The van der Waals surface area contributed by atoms with Crippen molar-refractivity contribution in [2.24, 2.45) is 10.8 Å². The first-order chi connectivity index (χ1) is 15.0. The largest absolute Gasteiger partial charge is 0.370 e. The van der Waals surface area contributed by atoms with E-state index in [2.05, 4.69) is 31.0 Å². The number of carbonyl (C=O) groups is 2. The van der Waals surface area contributed by atoms with Gasteiger partial charge in [-0.3, -0.25) is 9.59 Å². The Bertz CT molecular complexity index is 1040. The van der Waals surface area contributed by atoms with Gasteiger partial charge in [-0.1, -0.05) is 12.1 Å². The molecule has 3 heterocycles. The molecule has 2 amide bonds. The van der Waals surface area contributed by atoms with Gasteiger partial charge in [0, 0.05) is 30.3 Å². The van der Waals surface area contributed by atoms with E-state index in [0.29, 0.717) is 43.9 Å². The smallest absolute Gasteiger partial charge is 0.275 e. The Morgan fingerprint density at radius 2 is 2.03 bits per heavy atom. The lowest BCUT2D eigenvalue weighted by Gasteiger charge is -2.41. The molecular weight excluding hydrogens is 414 g/mol. The summed E-state index contributed by atoms with van der Waals surface area (Å²) in [6.45, 7) is 1.89. The highest BCUT2D eigenvalue weighted by atomic mass is 32.1. The van der Waals surface area contributed by atoms with Gasteiger partial charge in [-0.15, -0.1) is 11.3 Å². The van der Waals surface area contributed by atoms with Crippen molar-refractivity contribution in [1.29, 1.82) is 0 Å². The van der Waals surface area contributed by atoms with Crippen molar-refractivity contribution in [3.63, 3.8) is 0 Å². The molecule has 162 valence electrons. The summed E-state index contributed by atoms with van der Waals surface area (Å²) < 4.78 is 0. The number of hydrazone groups is 1. The molecule has 31 heavy (non-hydrogen) atoms. The fourth-order valence-corrected chi connectivity index (χ4v) is 4.66. The number of carbonyl (C=O) groups excluding carboxylic acids is 2. The van der Waals surface area contributed by atoms with Crippen LogP contribution in [0.15, 0.2) is 40.8 Å². The number of para-hydroxylation sites is 2. The number of anilines is 2. The second-order valence-corrected chi connectivity index (χ2v) is 8.36. The molecule has 10 heteroatoms. The average Bonchev–Trinajstić information content (AvgIpc) is 3.31. The Hall–Kier alpha value is -3.24. The summed E-state index contributed by atoms with van der Waals surface area (Å²) >= 11 is 1.43. The van der Waals surface area contributed by atoms with Gasteiger partial charge in [0.25, 0.3) is 5.91 Å². The van der Waals surface area contributed by atoms with E-state index in [1.54, 1.807) is 18.6 Å². The predicted octanol–water partition coefficient (Wildman–Crippen LogP) is 1.41. The van der Waals surface area contributed by atoms with E-state index in [4.69, 9.17) is 5.73 Å². The maximum atomic E-state index is 12.9. The van der Waals surface area contributed by atoms with Gasteiger partial charge in [0.1, 0.15) is 16.2 Å². The molecule has 1 aromatic carbocycles. The van der Waals surface area contributed by atoms with Gasteiger partial charge in [-0.2, -0.15) is 5.10 Å². The van der Waals surface area contributed by atoms with Crippen molar-refractivity contribution >= 4 is 46.3 Å². The molecular formula is C21H25N7O2S. The van der Waals surface area contributed by atoms with E-state index in [1.807, 2.05) is 30.3 Å². The first-order valence-electron chi connectivity index (χ1n) is 10.1. The van der Waals surface area contributed by atoms with E-state index < -0.39 is 5.54 Å². The average molecular weight is 440 g/mol. The monoisotopic (exact) mass is 439 g/mol. The van der Waals surface area contributed by atoms with Crippen LogP contribution >= 0.6 is 11.3 Å². The second-order valence-electron chi connectivity index (χ2n) is 7.50. The lowest BCUT2D eigenvalue weighted by molar-refractivity contribution is -0.125. The summed E-state index contributed by atoms with van der Waals surface area (Å²) in [5.41, 5.74) is 10.8. The summed E-state index contributed by atoms with van der Waals surface area (Å²) in [5.74, 6) is -0.586. The quantitative estimate of drug-likeness (QED) is 0.539. The Labute approximate surface area is 184 Å². The molecule has 1 aromatic heterocycles. The number of hydrogen-bond acceptors (Lipinski definition) is 8. The number of hydrogen-bond donors (Lipinski definition) is 4. The number of nitrogens with zero attached hydrogens (tertiary/aromatic N) is 3. The Balaban J connectivity index is 1.48. The molecule has 0 spiro atoms. The number of rotatable bonds is 6. The molecule has 5 N–H and O–H groups in total. The van der Waals surface area contributed by atoms with Gasteiger partial charge in [-0.05, 0) is 38.1 Å². The van der Waals surface area contributed by atoms with Crippen molar-refractivity contribution in [1.82, 2.24) is 15.7 Å². The topological polar surface area (TPSA) is 125 Å². The predicted molar refractivity (Wildman–Crippen MR) is 123 cm³/mol. The lowest BCUT2D eigenvalue weighted by Crippen LogP contribution is -2.59. The van der Waals surface area contributed by atoms with Crippen LogP contribution in [0.5, 0.6) is 0 Å². The highest BCUT2D eigenvalue weighted by molar-refractivity contribution is 7.11. The van der Waals surface area contributed by atoms with E-state index in [9.17, 15) is 9.59 Å². The number of nitrogens with two attached hydrogens (primary N) is 1. The number of amides is 2. The molecule has 0 atom stereocenters. The maximum absolute atomic E-state index is 12.9. The SMILES string of the molecule is CNC1(C(N)=O)CCN(c2ccccc2NC(=O)c2csc(C3=CC=NNC3)n2)CC1. The molecule has 0 saturated carbocycles. The molecule has 0 aliphatic carbocycles. The molecule has 4 rings (SSSR count). The molecule has 1 saturated heterocycles. The Kier molecular flexibility index (Phi) is 6.01. The minimum absolute atomic E-state index is 0.258. The fraction of sp³-hybridized carbons (Fsp3) is 0.333. The van der Waals surface area contributed by atoms with Gasteiger partial charge < -0.3 is 26.7 Å². The van der Waals surface area contributed by atoms with Gasteiger partial charge in [-0.25, -0.2) is 4.98 Å². The lowest BCUT2D eigenvalue weighted by atomic mass is 9.86. The third-order valence-electron chi connectivity index (χ3n) is 5.78. The molecule has 2 aliphatic rings. The zero-order chi connectivity index (χ0) is 21.8. The van der Waals surface area contributed by atoms with Crippen LogP contribution in [0.2, 0.25) is 0 Å². The summed E-state index contributed by atoms with van der Waals surface area (Å²) in [6.07, 6.45) is 4.77. The molecule has 2 aromatic rings. The zero-order valence-electron chi connectivity index (χ0n) is 17.2. The number of nitrogens with one attached hydrogen (secondary N) is 3. The number of benzene rings is 1. The van der Waals surface area contributed by atoms with Crippen molar-refractivity contribution in [3.05, 3.63) is 46.4 Å². The minimum atomic E-state index is -0.681. The normalized spacial score (nSPS) is 17.6. The summed E-state index contributed by atoms with van der Waals surface area (Å²) in [4.78, 5) is 31.4. The third kappa shape index (κ3) is 4.30. The van der Waals surface area contributed by atoms with Gasteiger partial charge in [0.05, 0.1) is 17.9 Å². The number of allylic oxidation sites excluding steroid dienone is 1. The summed E-state index contributed by atoms with van der Waals surface area (Å²) in [6, 6.07) is 7.66. The van der Waals surface area contributed by atoms with Crippen LogP contribution in [0.1, 0.15) is 28.3 Å². The molecule has 9 nitrogen and oxygen atoms in total. The summed E-state index contributed by atoms with van der Waals surface area (Å²) in [5, 5.41) is 12.6. The highest BCUT2D eigenvalue weighted by Gasteiger charge is 2.38. The van der Waals surface area contributed by atoms with Gasteiger partial charge in [0.2, 0.25) is 5.91 Å². The van der Waals surface area contributed by atoms with Gasteiger partial charge >= 0.3 is 0 Å². The first kappa shape index (κ1) is 21.0. The number of piperidine rings is 1. The number of primary amides is 1. The van der Waals surface area contributed by atoms with Crippen molar-refractivity contribution in [2.75, 3.05) is 36.9 Å². The highest BCUT2D eigenvalue weighted by Crippen LogP contribution is 2.31. The molecule has 0 bridgehead atoms. The zero-order valence-corrected chi connectivity index (χ0v) is 18.0. The fourth-order valence-electron chi connectivity index (χ4n) is 3.83. The molecule has 2 aliphatic heterocycles. The maximum Gasteiger partial charge on any atom is 0.275 e. The third-order valence-corrected chi connectivity index (χ3v) is 6.70. The molecule has 0 radical (unpaired) electrons. The number of aromatic nitrogens is 1. The van der Waals surface area contributed by atoms with E-state index in [1.165, 1.54) is 11.3 Å². The van der Waals surface area contributed by atoms with Crippen LogP contribution in [-0.2, 0) is 4.79 Å². The van der Waals surface area contributed by atoms with E-state index in [-0.39, 0.29) is 11.8 Å². The van der Waals surface area contributed by atoms with E-state index >= 15 is 0 Å². The minimum Gasteiger partial charge on any atom is -0.370 e. The Morgan fingerprint density at radius 3 is 2.71 bits per heavy atom. The van der Waals surface area contributed by atoms with Crippen LogP contribution in [-0.4, -0.2) is 55.2 Å². The number of likely N-dealkylation sites (N-methyl/N-ethyl adjacent to an activating group) is 1. The van der Waals surface area contributed by atoms with Crippen molar-refractivity contribution < 1.29 is 9.59 Å². The van der Waals surface area contributed by atoms with Crippen LogP contribution in [0, 0.1) is 0 Å². The van der Waals surface area contributed by atoms with Crippen molar-refractivity contribution in [3.8, 4) is 0 Å². The summed E-state index contributed by atoms with van der Waals surface area (Å²) in [7, 11) is 1.77. The second kappa shape index (κ2) is 8.86. The van der Waals surface area contributed by atoms with Crippen LogP contribution < -0.4 is 26.7 Å². The molecule has 0 unspecified atom stereocenters. The first-order valence-corrected chi connectivity index (χ1v) is 11.0. The van der Waals surface area contributed by atoms with E-state index in [0.717, 1.165) is 16.3 Å². The Morgan fingerprint density at radius 1 is 1.26 bits per heavy atom. The van der Waals surface area contributed by atoms with Crippen LogP contribution in [0.3, 0.4) is 0 Å². The standard InChI is InChI=1S/C21H25N7O2S/c1-23-21(20(22)30)7-10-28(11-8-21)17-5-3-2-4-15(17)26-18(29)16-13-31-19(27-16)14-6-9-24-25-12-14/h2-6,9,13,23,25H,7-8,10-12H2,1H3,(H2,22,30)(H,26,29). The van der Waals surface area contributed by atoms with Crippen LogP contribution in [0.25, 0.3) is 5.57 Å². The van der Waals surface area contributed by atoms with Crippen molar-refractivity contribution in [2.45, 2.75) is 18.4 Å². The van der Waals surface area contributed by atoms with Gasteiger partial charge in [0.15, 0.2) is 0 Å².